The van der Waals surface area contributed by atoms with E-state index in [1.165, 1.54) is 12.1 Å². The molecule has 2 fully saturated rings. The van der Waals surface area contributed by atoms with Crippen LogP contribution < -0.4 is 10.2 Å². The van der Waals surface area contributed by atoms with Gasteiger partial charge in [0.1, 0.15) is 11.3 Å². The van der Waals surface area contributed by atoms with Gasteiger partial charge in [0.2, 0.25) is 0 Å². The first-order chi connectivity index (χ1) is 17.1. The summed E-state index contributed by atoms with van der Waals surface area (Å²) in [4.78, 5) is 20.2. The summed E-state index contributed by atoms with van der Waals surface area (Å²) in [6, 6.07) is 9.03. The molecule has 1 atom stereocenters. The third kappa shape index (κ3) is 5.56. The molecule has 2 aliphatic rings. The van der Waals surface area contributed by atoms with Gasteiger partial charge in [-0.3, -0.25) is 4.90 Å². The number of rotatable bonds is 9. The predicted octanol–water partition coefficient (Wildman–Crippen LogP) is 3.94. The van der Waals surface area contributed by atoms with E-state index < -0.39 is 0 Å². The zero-order chi connectivity index (χ0) is 24.2. The fourth-order valence-electron chi connectivity index (χ4n) is 5.16. The minimum absolute atomic E-state index is 0.374. The van der Waals surface area contributed by atoms with Crippen molar-refractivity contribution in [2.75, 3.05) is 76.3 Å². The van der Waals surface area contributed by atoms with Crippen molar-refractivity contribution >= 4 is 34.1 Å². The lowest BCUT2D eigenvalue weighted by molar-refractivity contribution is 0.144. The molecule has 1 aromatic carbocycles. The van der Waals surface area contributed by atoms with Crippen molar-refractivity contribution in [2.45, 2.75) is 25.8 Å². The number of pyridine rings is 1. The number of aromatic nitrogens is 3. The summed E-state index contributed by atoms with van der Waals surface area (Å²) in [5.41, 5.74) is 4.73. The highest BCUT2D eigenvalue weighted by Gasteiger charge is 2.24. The first kappa shape index (κ1) is 24.3. The second-order valence-corrected chi connectivity index (χ2v) is 9.97. The third-order valence-electron chi connectivity index (χ3n) is 7.12. The number of anilines is 2. The number of halogens is 1. The van der Waals surface area contributed by atoms with Gasteiger partial charge < -0.3 is 24.8 Å². The first-order valence-corrected chi connectivity index (χ1v) is 13.1. The summed E-state index contributed by atoms with van der Waals surface area (Å²) in [6.07, 6.45) is 4.00. The molecule has 2 aromatic heterocycles. The first-order valence-electron chi connectivity index (χ1n) is 12.7. The molecule has 35 heavy (non-hydrogen) atoms. The van der Waals surface area contributed by atoms with Crippen LogP contribution in [0.5, 0.6) is 0 Å². The highest BCUT2D eigenvalue weighted by Crippen LogP contribution is 2.32. The number of nitrogens with one attached hydrogen (secondary N) is 2. The zero-order valence-electron chi connectivity index (χ0n) is 20.8. The predicted molar refractivity (Wildman–Crippen MR) is 144 cm³/mol. The van der Waals surface area contributed by atoms with Gasteiger partial charge in [0, 0.05) is 70.2 Å². The number of benzene rings is 1. The fraction of sp³-hybridized carbons (Fsp3) is 0.538. The molecule has 188 valence electrons. The van der Waals surface area contributed by atoms with Crippen LogP contribution in [0.25, 0.3) is 22.6 Å². The molecule has 3 aromatic rings. The van der Waals surface area contributed by atoms with E-state index in [1.807, 2.05) is 0 Å². The Morgan fingerprint density at radius 3 is 2.63 bits per heavy atom. The number of likely N-dealkylation sites (tertiary alicyclic amines) is 1. The number of fused-ring (bicyclic) bond motifs is 1. The standard InChI is InChI=1S/C26H36ClN7O/c1-3-9-33-10-8-20(18-33)29-23-22(27)17-28-26-24(23)30-25(31-26)19-4-6-21(7-5-19)34-13-11-32(12-14-34)15-16-35-2/h4-7,17,20H,3,8-16,18H2,1-2H3,(H2,28,29,30,31). The van der Waals surface area contributed by atoms with E-state index in [4.69, 9.17) is 21.3 Å². The number of hydrogen-bond donors (Lipinski definition) is 2. The van der Waals surface area contributed by atoms with Crippen LogP contribution in [0.4, 0.5) is 11.4 Å². The van der Waals surface area contributed by atoms with Crippen molar-refractivity contribution in [3.05, 3.63) is 35.5 Å². The van der Waals surface area contributed by atoms with E-state index in [2.05, 4.69) is 61.2 Å². The molecule has 0 bridgehead atoms. The van der Waals surface area contributed by atoms with Crippen LogP contribution in [0, 0.1) is 0 Å². The number of ether oxygens (including phenoxy) is 1. The lowest BCUT2D eigenvalue weighted by atomic mass is 10.1. The van der Waals surface area contributed by atoms with E-state index in [9.17, 15) is 0 Å². The van der Waals surface area contributed by atoms with E-state index in [-0.39, 0.29) is 0 Å². The number of nitrogens with zero attached hydrogens (tertiary/aromatic N) is 5. The van der Waals surface area contributed by atoms with Crippen molar-refractivity contribution in [1.82, 2.24) is 24.8 Å². The Hall–Kier alpha value is -2.39. The second-order valence-electron chi connectivity index (χ2n) is 9.56. The minimum Gasteiger partial charge on any atom is -0.383 e. The zero-order valence-corrected chi connectivity index (χ0v) is 21.5. The Kier molecular flexibility index (Phi) is 7.72. The summed E-state index contributed by atoms with van der Waals surface area (Å²) >= 11 is 6.57. The average molecular weight is 498 g/mol. The summed E-state index contributed by atoms with van der Waals surface area (Å²) in [5.74, 6) is 0.813. The van der Waals surface area contributed by atoms with Gasteiger partial charge >= 0.3 is 0 Å². The quantitative estimate of drug-likeness (QED) is 0.464. The summed E-state index contributed by atoms with van der Waals surface area (Å²) in [5, 5.41) is 4.27. The minimum atomic E-state index is 0.374. The van der Waals surface area contributed by atoms with Crippen molar-refractivity contribution in [3.8, 4) is 11.4 Å². The van der Waals surface area contributed by atoms with Gasteiger partial charge in [-0.2, -0.15) is 0 Å². The number of H-pyrrole nitrogens is 1. The lowest BCUT2D eigenvalue weighted by Gasteiger charge is -2.36. The molecule has 0 radical (unpaired) electrons. The normalized spacial score (nSPS) is 19.6. The van der Waals surface area contributed by atoms with Crippen LogP contribution in [-0.2, 0) is 4.74 Å². The third-order valence-corrected chi connectivity index (χ3v) is 7.40. The SMILES string of the molecule is CCCN1CCC(Nc2c(Cl)cnc3[nH]c(-c4ccc(N5CCN(CCOC)CC5)cc4)nc23)C1. The lowest BCUT2D eigenvalue weighted by Crippen LogP contribution is -2.47. The summed E-state index contributed by atoms with van der Waals surface area (Å²) in [7, 11) is 1.76. The van der Waals surface area contributed by atoms with Crippen LogP contribution in [0.15, 0.2) is 30.5 Å². The maximum absolute atomic E-state index is 6.57. The Bertz CT molecular complexity index is 1110. The molecule has 2 N–H and O–H groups in total. The van der Waals surface area contributed by atoms with Crippen molar-refractivity contribution < 1.29 is 4.74 Å². The van der Waals surface area contributed by atoms with Crippen LogP contribution in [0.2, 0.25) is 5.02 Å². The fourth-order valence-corrected chi connectivity index (χ4v) is 5.35. The number of aromatic amines is 1. The summed E-state index contributed by atoms with van der Waals surface area (Å²) < 4.78 is 5.21. The topological polar surface area (TPSA) is 72.6 Å². The molecule has 2 aliphatic heterocycles. The molecule has 4 heterocycles. The molecule has 0 spiro atoms. The molecular formula is C26H36ClN7O. The number of imidazole rings is 1. The molecule has 0 saturated carbocycles. The van der Waals surface area contributed by atoms with Gasteiger partial charge in [-0.15, -0.1) is 0 Å². The van der Waals surface area contributed by atoms with Crippen molar-refractivity contribution in [3.63, 3.8) is 0 Å². The Balaban J connectivity index is 1.29. The second kappa shape index (κ2) is 11.1. The molecule has 9 heteroatoms. The van der Waals surface area contributed by atoms with Crippen LogP contribution in [0.3, 0.4) is 0 Å². The van der Waals surface area contributed by atoms with Crippen molar-refractivity contribution in [2.24, 2.45) is 0 Å². The molecule has 0 amide bonds. The number of methoxy groups -OCH3 is 1. The van der Waals surface area contributed by atoms with E-state index >= 15 is 0 Å². The molecule has 2 saturated heterocycles. The van der Waals surface area contributed by atoms with Gasteiger partial charge in [0.05, 0.1) is 23.5 Å². The van der Waals surface area contributed by atoms with E-state index in [1.54, 1.807) is 13.3 Å². The summed E-state index contributed by atoms with van der Waals surface area (Å²) in [6.45, 7) is 11.5. The van der Waals surface area contributed by atoms with E-state index in [0.29, 0.717) is 11.1 Å². The Morgan fingerprint density at radius 2 is 1.89 bits per heavy atom. The monoisotopic (exact) mass is 497 g/mol. The van der Waals surface area contributed by atoms with Crippen molar-refractivity contribution in [1.29, 1.82) is 0 Å². The maximum Gasteiger partial charge on any atom is 0.159 e. The maximum atomic E-state index is 6.57. The Labute approximate surface area is 212 Å². The highest BCUT2D eigenvalue weighted by atomic mass is 35.5. The average Bonchev–Trinajstić information content (AvgIpc) is 3.52. The van der Waals surface area contributed by atoms with Gasteiger partial charge in [-0.1, -0.05) is 18.5 Å². The van der Waals surface area contributed by atoms with Gasteiger partial charge in [0.15, 0.2) is 5.65 Å². The molecule has 5 rings (SSSR count). The van der Waals surface area contributed by atoms with Gasteiger partial charge in [-0.05, 0) is 43.7 Å². The number of hydrogen-bond acceptors (Lipinski definition) is 7. The molecule has 0 aliphatic carbocycles. The van der Waals surface area contributed by atoms with E-state index in [0.717, 1.165) is 93.6 Å². The highest BCUT2D eigenvalue weighted by molar-refractivity contribution is 6.34. The van der Waals surface area contributed by atoms with Gasteiger partial charge in [-0.25, -0.2) is 9.97 Å². The largest absolute Gasteiger partial charge is 0.383 e. The van der Waals surface area contributed by atoms with Crippen LogP contribution in [-0.4, -0.2) is 96.9 Å². The molecule has 1 unspecified atom stereocenters. The van der Waals surface area contributed by atoms with Gasteiger partial charge in [0.25, 0.3) is 0 Å². The molecule has 8 nitrogen and oxygen atoms in total. The Morgan fingerprint density at radius 1 is 1.09 bits per heavy atom. The van der Waals surface area contributed by atoms with Crippen LogP contribution in [0.1, 0.15) is 19.8 Å². The smallest absolute Gasteiger partial charge is 0.159 e. The molecular weight excluding hydrogens is 462 g/mol. The van der Waals surface area contributed by atoms with Crippen LogP contribution >= 0.6 is 11.6 Å². The number of piperazine rings is 1.